The van der Waals surface area contributed by atoms with Crippen LogP contribution in [-0.2, 0) is 0 Å². The van der Waals surface area contributed by atoms with Gasteiger partial charge in [0.15, 0.2) is 5.82 Å². The van der Waals surface area contributed by atoms with Gasteiger partial charge in [-0.3, -0.25) is 5.10 Å². The molecule has 0 spiro atoms. The molecular formula is C14H18IN5. The van der Waals surface area contributed by atoms with Crippen molar-refractivity contribution in [3.8, 4) is 11.4 Å². The molecule has 0 unspecified atom stereocenters. The van der Waals surface area contributed by atoms with Gasteiger partial charge in [0.05, 0.1) is 0 Å². The zero-order valence-corrected chi connectivity index (χ0v) is 13.6. The second-order valence-corrected chi connectivity index (χ2v) is 6.29. The van der Waals surface area contributed by atoms with E-state index in [-0.39, 0.29) is 0 Å². The van der Waals surface area contributed by atoms with Gasteiger partial charge in [0, 0.05) is 28.3 Å². The van der Waals surface area contributed by atoms with Gasteiger partial charge in [-0.25, -0.2) is 0 Å². The minimum absolute atomic E-state index is 0.626. The number of H-pyrrole nitrogens is 1. The lowest BCUT2D eigenvalue weighted by Gasteiger charge is -2.30. The molecule has 1 aliphatic rings. The molecule has 2 N–H and O–H groups in total. The highest BCUT2D eigenvalue weighted by Crippen LogP contribution is 2.21. The zero-order chi connectivity index (χ0) is 13.9. The summed E-state index contributed by atoms with van der Waals surface area (Å²) in [5, 5.41) is 10.7. The normalized spacial score (nSPS) is 16.6. The Labute approximate surface area is 132 Å². The van der Waals surface area contributed by atoms with Crippen molar-refractivity contribution in [1.29, 1.82) is 0 Å². The number of halogens is 1. The number of nitrogens with zero attached hydrogens (tertiary/aromatic N) is 3. The summed E-state index contributed by atoms with van der Waals surface area (Å²) >= 11 is 2.30. The molecule has 1 fully saturated rings. The molecule has 0 bridgehead atoms. The fourth-order valence-electron chi connectivity index (χ4n) is 2.50. The molecule has 1 saturated heterocycles. The molecule has 20 heavy (non-hydrogen) atoms. The van der Waals surface area contributed by atoms with Crippen molar-refractivity contribution in [2.75, 3.05) is 25.0 Å². The van der Waals surface area contributed by atoms with E-state index in [4.69, 9.17) is 0 Å². The lowest BCUT2D eigenvalue weighted by molar-refractivity contribution is 0.439. The Bertz CT molecular complexity index is 557. The monoisotopic (exact) mass is 383 g/mol. The van der Waals surface area contributed by atoms with Crippen molar-refractivity contribution in [3.63, 3.8) is 0 Å². The topological polar surface area (TPSA) is 56.8 Å². The molecule has 2 aromatic rings. The average molecular weight is 383 g/mol. The zero-order valence-electron chi connectivity index (χ0n) is 11.4. The summed E-state index contributed by atoms with van der Waals surface area (Å²) in [4.78, 5) is 6.87. The Hall–Kier alpha value is -1.15. The van der Waals surface area contributed by atoms with E-state index >= 15 is 0 Å². The summed E-state index contributed by atoms with van der Waals surface area (Å²) < 4.78 is 1.22. The molecule has 1 aromatic heterocycles. The van der Waals surface area contributed by atoms with E-state index < -0.39 is 0 Å². The fraction of sp³-hybridized carbons (Fsp3) is 0.429. The van der Waals surface area contributed by atoms with Crippen LogP contribution in [0.5, 0.6) is 0 Å². The number of piperidine rings is 1. The lowest BCUT2D eigenvalue weighted by atomic mass is 10.1. The smallest absolute Gasteiger partial charge is 0.245 e. The van der Waals surface area contributed by atoms with Gasteiger partial charge in [-0.1, -0.05) is 12.1 Å². The summed E-state index contributed by atoms with van der Waals surface area (Å²) in [6.45, 7) is 2.02. The maximum absolute atomic E-state index is 4.62. The van der Waals surface area contributed by atoms with Crippen molar-refractivity contribution in [3.05, 3.63) is 27.8 Å². The highest BCUT2D eigenvalue weighted by atomic mass is 127. The Morgan fingerprint density at radius 1 is 1.25 bits per heavy atom. The summed E-state index contributed by atoms with van der Waals surface area (Å²) in [5.41, 5.74) is 1.08. The van der Waals surface area contributed by atoms with E-state index in [0.29, 0.717) is 6.04 Å². The number of benzene rings is 1. The highest BCUT2D eigenvalue weighted by molar-refractivity contribution is 14.1. The minimum Gasteiger partial charge on any atom is -0.339 e. The van der Waals surface area contributed by atoms with E-state index in [2.05, 4.69) is 72.3 Å². The van der Waals surface area contributed by atoms with Crippen LogP contribution in [0, 0.1) is 3.57 Å². The maximum atomic E-state index is 4.62. The first-order chi connectivity index (χ1) is 9.76. The SMILES string of the molecule is CNC1CCN(c2n[nH]c(-c3ccc(I)cc3)n2)CC1. The van der Waals surface area contributed by atoms with Crippen LogP contribution in [0.15, 0.2) is 24.3 Å². The summed E-state index contributed by atoms with van der Waals surface area (Å²) in [7, 11) is 2.03. The molecule has 1 aliphatic heterocycles. The summed E-state index contributed by atoms with van der Waals surface area (Å²) in [6, 6.07) is 8.92. The van der Waals surface area contributed by atoms with Gasteiger partial charge >= 0.3 is 0 Å². The third-order valence-corrected chi connectivity index (χ3v) is 4.50. The van der Waals surface area contributed by atoms with Crippen LogP contribution in [0.4, 0.5) is 5.95 Å². The van der Waals surface area contributed by atoms with Crippen LogP contribution in [0.25, 0.3) is 11.4 Å². The predicted octanol–water partition coefficient (Wildman–Crippen LogP) is 2.26. The van der Waals surface area contributed by atoms with Crippen LogP contribution in [0.1, 0.15) is 12.8 Å². The number of hydrogen-bond acceptors (Lipinski definition) is 4. The van der Waals surface area contributed by atoms with E-state index in [1.807, 2.05) is 7.05 Å². The number of nitrogens with one attached hydrogen (secondary N) is 2. The van der Waals surface area contributed by atoms with Gasteiger partial charge in [-0.05, 0) is 54.6 Å². The molecule has 3 rings (SSSR count). The molecule has 106 valence electrons. The lowest BCUT2D eigenvalue weighted by Crippen LogP contribution is -2.41. The van der Waals surface area contributed by atoms with Gasteiger partial charge in [0.2, 0.25) is 5.95 Å². The molecular weight excluding hydrogens is 365 g/mol. The second kappa shape index (κ2) is 6.09. The molecule has 0 saturated carbocycles. The summed E-state index contributed by atoms with van der Waals surface area (Å²) in [6.07, 6.45) is 2.29. The predicted molar refractivity (Wildman–Crippen MR) is 88.8 cm³/mol. The van der Waals surface area contributed by atoms with Crippen LogP contribution in [0.3, 0.4) is 0 Å². The fourth-order valence-corrected chi connectivity index (χ4v) is 2.86. The number of hydrogen-bond donors (Lipinski definition) is 2. The minimum atomic E-state index is 0.626. The molecule has 0 aliphatic carbocycles. The molecule has 0 amide bonds. The van der Waals surface area contributed by atoms with Gasteiger partial charge in [0.25, 0.3) is 0 Å². The second-order valence-electron chi connectivity index (χ2n) is 5.04. The number of rotatable bonds is 3. The van der Waals surface area contributed by atoms with Crippen LogP contribution >= 0.6 is 22.6 Å². The quantitative estimate of drug-likeness (QED) is 0.799. The molecule has 2 heterocycles. The van der Waals surface area contributed by atoms with Crippen molar-refractivity contribution in [2.24, 2.45) is 0 Å². The third kappa shape index (κ3) is 2.95. The van der Waals surface area contributed by atoms with Crippen LogP contribution < -0.4 is 10.2 Å². The Morgan fingerprint density at radius 3 is 2.60 bits per heavy atom. The standard InChI is InChI=1S/C14H18IN5/c1-16-12-6-8-20(9-7-12)14-17-13(18-19-14)10-2-4-11(15)5-3-10/h2-5,12,16H,6-9H2,1H3,(H,17,18,19). The first-order valence-electron chi connectivity index (χ1n) is 6.87. The maximum Gasteiger partial charge on any atom is 0.245 e. The molecule has 1 aromatic carbocycles. The van der Waals surface area contributed by atoms with Crippen molar-refractivity contribution in [1.82, 2.24) is 20.5 Å². The van der Waals surface area contributed by atoms with E-state index in [0.717, 1.165) is 43.3 Å². The van der Waals surface area contributed by atoms with Crippen LogP contribution in [-0.4, -0.2) is 41.4 Å². The molecule has 0 radical (unpaired) electrons. The third-order valence-electron chi connectivity index (χ3n) is 3.78. The Balaban J connectivity index is 1.72. The Morgan fingerprint density at radius 2 is 1.95 bits per heavy atom. The molecule has 6 heteroatoms. The van der Waals surface area contributed by atoms with Crippen molar-refractivity contribution >= 4 is 28.5 Å². The van der Waals surface area contributed by atoms with E-state index in [9.17, 15) is 0 Å². The van der Waals surface area contributed by atoms with Gasteiger partial charge in [-0.2, -0.15) is 4.98 Å². The number of aromatic amines is 1. The molecule has 0 atom stereocenters. The van der Waals surface area contributed by atoms with E-state index in [1.54, 1.807) is 0 Å². The van der Waals surface area contributed by atoms with Crippen molar-refractivity contribution in [2.45, 2.75) is 18.9 Å². The van der Waals surface area contributed by atoms with Gasteiger partial charge in [0.1, 0.15) is 0 Å². The van der Waals surface area contributed by atoms with Crippen molar-refractivity contribution < 1.29 is 0 Å². The molecule has 5 nitrogen and oxygen atoms in total. The summed E-state index contributed by atoms with van der Waals surface area (Å²) in [5.74, 6) is 1.65. The highest BCUT2D eigenvalue weighted by Gasteiger charge is 2.20. The largest absolute Gasteiger partial charge is 0.339 e. The van der Waals surface area contributed by atoms with Crippen LogP contribution in [0.2, 0.25) is 0 Å². The number of anilines is 1. The van der Waals surface area contributed by atoms with Gasteiger partial charge < -0.3 is 10.2 Å². The first-order valence-corrected chi connectivity index (χ1v) is 7.94. The Kier molecular flexibility index (Phi) is 4.21. The first kappa shape index (κ1) is 13.8. The average Bonchev–Trinajstić information content (AvgIpc) is 2.98. The number of aromatic nitrogens is 3. The van der Waals surface area contributed by atoms with Gasteiger partial charge in [-0.15, -0.1) is 5.10 Å². The van der Waals surface area contributed by atoms with E-state index in [1.165, 1.54) is 3.57 Å².